The Labute approximate surface area is 126 Å². The van der Waals surface area contributed by atoms with Gasteiger partial charge in [-0.15, -0.1) is 11.3 Å². The zero-order chi connectivity index (χ0) is 14.0. The molecule has 0 bridgehead atoms. The van der Waals surface area contributed by atoms with Crippen molar-refractivity contribution in [3.05, 3.63) is 48.4 Å². The SMILES string of the molecule is O=c1[nH]cc(S(=O)(=O)NCc2ccc(Br)s2)cc1Cl. The number of pyridine rings is 1. The maximum absolute atomic E-state index is 12.0. The van der Waals surface area contributed by atoms with E-state index in [0.717, 1.165) is 20.9 Å². The molecule has 2 rings (SSSR count). The smallest absolute Gasteiger partial charge is 0.266 e. The molecule has 2 N–H and O–H groups in total. The van der Waals surface area contributed by atoms with Gasteiger partial charge in [0.25, 0.3) is 5.56 Å². The number of nitrogens with one attached hydrogen (secondary N) is 2. The van der Waals surface area contributed by atoms with Gasteiger partial charge in [-0.05, 0) is 34.1 Å². The highest BCUT2D eigenvalue weighted by atomic mass is 79.9. The van der Waals surface area contributed by atoms with Gasteiger partial charge < -0.3 is 4.98 Å². The molecule has 102 valence electrons. The number of hydrogen-bond acceptors (Lipinski definition) is 4. The zero-order valence-electron chi connectivity index (χ0n) is 9.31. The lowest BCUT2D eigenvalue weighted by Crippen LogP contribution is -2.24. The molecule has 19 heavy (non-hydrogen) atoms. The summed E-state index contributed by atoms with van der Waals surface area (Å²) in [6.45, 7) is 0.176. The summed E-state index contributed by atoms with van der Waals surface area (Å²) in [7, 11) is -3.70. The van der Waals surface area contributed by atoms with Gasteiger partial charge in [-0.1, -0.05) is 11.6 Å². The second kappa shape index (κ2) is 5.76. The third-order valence-electron chi connectivity index (χ3n) is 2.21. The molecule has 0 aliphatic heterocycles. The Balaban J connectivity index is 2.18. The fourth-order valence-electron chi connectivity index (χ4n) is 1.29. The standard InChI is InChI=1S/C10H8BrClN2O3S2/c11-9-2-1-6(18-9)4-14-19(16,17)7-3-8(12)10(15)13-5-7/h1-3,5,14H,4H2,(H,13,15). The average molecular weight is 384 g/mol. The molecule has 0 atom stereocenters. The molecule has 5 nitrogen and oxygen atoms in total. The molecule has 9 heteroatoms. The zero-order valence-corrected chi connectivity index (χ0v) is 13.3. The Kier molecular flexibility index (Phi) is 4.46. The summed E-state index contributed by atoms with van der Waals surface area (Å²) in [5.74, 6) is 0. The van der Waals surface area contributed by atoms with Gasteiger partial charge >= 0.3 is 0 Å². The molecular weight excluding hydrogens is 376 g/mol. The maximum atomic E-state index is 12.0. The van der Waals surface area contributed by atoms with Crippen LogP contribution in [0.25, 0.3) is 0 Å². The predicted octanol–water partition coefficient (Wildman–Crippen LogP) is 2.33. The van der Waals surface area contributed by atoms with Gasteiger partial charge in [0.15, 0.2) is 0 Å². The predicted molar refractivity (Wildman–Crippen MR) is 78.1 cm³/mol. The summed E-state index contributed by atoms with van der Waals surface area (Å²) in [5, 5.41) is -0.165. The summed E-state index contributed by atoms with van der Waals surface area (Å²) in [6.07, 6.45) is 1.11. The molecule has 0 fully saturated rings. The van der Waals surface area contributed by atoms with E-state index >= 15 is 0 Å². The van der Waals surface area contributed by atoms with Gasteiger partial charge in [0, 0.05) is 17.6 Å². The normalized spacial score (nSPS) is 11.7. The van der Waals surface area contributed by atoms with Crippen LogP contribution in [0.5, 0.6) is 0 Å². The molecule has 0 amide bonds. The van der Waals surface area contributed by atoms with E-state index in [2.05, 4.69) is 25.6 Å². The van der Waals surface area contributed by atoms with Gasteiger partial charge in [-0.25, -0.2) is 13.1 Å². The van der Waals surface area contributed by atoms with Crippen molar-refractivity contribution < 1.29 is 8.42 Å². The number of aromatic nitrogens is 1. The lowest BCUT2D eigenvalue weighted by Gasteiger charge is -2.05. The Morgan fingerprint density at radius 1 is 1.42 bits per heavy atom. The molecule has 0 saturated carbocycles. The molecule has 0 spiro atoms. The molecule has 0 aliphatic rings. The molecular formula is C10H8BrClN2O3S2. The Hall–Kier alpha value is -0.670. The highest BCUT2D eigenvalue weighted by Crippen LogP contribution is 2.22. The Bertz CT molecular complexity index is 754. The number of H-pyrrole nitrogens is 1. The van der Waals surface area contributed by atoms with Crippen molar-refractivity contribution in [1.29, 1.82) is 0 Å². The van der Waals surface area contributed by atoms with E-state index in [1.807, 2.05) is 12.1 Å². The second-order valence-electron chi connectivity index (χ2n) is 3.54. The van der Waals surface area contributed by atoms with E-state index in [9.17, 15) is 13.2 Å². The van der Waals surface area contributed by atoms with Gasteiger partial charge in [-0.3, -0.25) is 4.79 Å². The van der Waals surface area contributed by atoms with Crippen LogP contribution in [0.1, 0.15) is 4.88 Å². The van der Waals surface area contributed by atoms with Gasteiger partial charge in [-0.2, -0.15) is 0 Å². The van der Waals surface area contributed by atoms with Gasteiger partial charge in [0.1, 0.15) is 5.02 Å². The van der Waals surface area contributed by atoms with Crippen molar-refractivity contribution >= 4 is 48.9 Å². The van der Waals surface area contributed by atoms with E-state index in [1.54, 1.807) is 0 Å². The largest absolute Gasteiger partial charge is 0.326 e. The van der Waals surface area contributed by atoms with E-state index in [4.69, 9.17) is 11.6 Å². The molecule has 2 aromatic rings. The number of hydrogen-bond donors (Lipinski definition) is 2. The van der Waals surface area contributed by atoms with Crippen LogP contribution in [-0.4, -0.2) is 13.4 Å². The van der Waals surface area contributed by atoms with Crippen LogP contribution in [0.15, 0.2) is 37.9 Å². The third kappa shape index (κ3) is 3.67. The van der Waals surface area contributed by atoms with Crippen LogP contribution in [-0.2, 0) is 16.6 Å². The van der Waals surface area contributed by atoms with Gasteiger partial charge in [0.05, 0.1) is 8.68 Å². The summed E-state index contributed by atoms with van der Waals surface area (Å²) in [6, 6.07) is 4.77. The second-order valence-corrected chi connectivity index (χ2v) is 8.26. The Morgan fingerprint density at radius 2 is 2.16 bits per heavy atom. The van der Waals surface area contributed by atoms with Crippen LogP contribution in [0.4, 0.5) is 0 Å². The lowest BCUT2D eigenvalue weighted by molar-refractivity contribution is 0.581. The maximum Gasteiger partial charge on any atom is 0.266 e. The first-order valence-corrected chi connectivity index (χ1v) is 8.48. The first kappa shape index (κ1) is 14.7. The van der Waals surface area contributed by atoms with Crippen LogP contribution < -0.4 is 10.3 Å². The summed E-state index contributed by atoms with van der Waals surface area (Å²) in [5.41, 5.74) is -0.525. The monoisotopic (exact) mass is 382 g/mol. The molecule has 0 radical (unpaired) electrons. The van der Waals surface area contributed by atoms with Gasteiger partial charge in [0.2, 0.25) is 10.0 Å². The van der Waals surface area contributed by atoms with E-state index < -0.39 is 15.6 Å². The van der Waals surface area contributed by atoms with E-state index in [-0.39, 0.29) is 16.5 Å². The minimum atomic E-state index is -3.70. The van der Waals surface area contributed by atoms with Crippen LogP contribution in [0.2, 0.25) is 5.02 Å². The van der Waals surface area contributed by atoms with Crippen molar-refractivity contribution in [2.24, 2.45) is 0 Å². The third-order valence-corrected chi connectivity index (χ3v) is 5.49. The van der Waals surface area contributed by atoms with Crippen LogP contribution >= 0.6 is 38.9 Å². The molecule has 0 aromatic carbocycles. The summed E-state index contributed by atoms with van der Waals surface area (Å²) < 4.78 is 27.3. The summed E-state index contributed by atoms with van der Waals surface area (Å²) >= 11 is 10.3. The Morgan fingerprint density at radius 3 is 2.74 bits per heavy atom. The van der Waals surface area contributed by atoms with Crippen molar-refractivity contribution in [2.45, 2.75) is 11.4 Å². The number of rotatable bonds is 4. The number of halogens is 2. The van der Waals surface area contributed by atoms with Crippen LogP contribution in [0.3, 0.4) is 0 Å². The number of sulfonamides is 1. The first-order valence-electron chi connectivity index (χ1n) is 5.00. The summed E-state index contributed by atoms with van der Waals surface area (Å²) in [4.78, 5) is 14.1. The van der Waals surface area contributed by atoms with Crippen molar-refractivity contribution in [1.82, 2.24) is 9.71 Å². The number of aromatic amines is 1. The van der Waals surface area contributed by atoms with Crippen molar-refractivity contribution in [2.75, 3.05) is 0 Å². The average Bonchev–Trinajstić information content (AvgIpc) is 2.76. The molecule has 0 unspecified atom stereocenters. The highest BCUT2D eigenvalue weighted by Gasteiger charge is 2.15. The highest BCUT2D eigenvalue weighted by molar-refractivity contribution is 9.11. The topological polar surface area (TPSA) is 79.0 Å². The molecule has 2 aromatic heterocycles. The van der Waals surface area contributed by atoms with E-state index in [0.29, 0.717) is 0 Å². The minimum Gasteiger partial charge on any atom is -0.326 e. The molecule has 0 aliphatic carbocycles. The fraction of sp³-hybridized carbons (Fsp3) is 0.100. The van der Waals surface area contributed by atoms with Crippen LogP contribution in [0, 0.1) is 0 Å². The van der Waals surface area contributed by atoms with Crippen molar-refractivity contribution in [3.8, 4) is 0 Å². The molecule has 0 saturated heterocycles. The lowest BCUT2D eigenvalue weighted by atomic mass is 10.5. The fourth-order valence-corrected chi connectivity index (χ4v) is 4.04. The quantitative estimate of drug-likeness (QED) is 0.850. The molecule has 2 heterocycles. The minimum absolute atomic E-state index is 0.0762. The first-order chi connectivity index (χ1) is 8.88. The van der Waals surface area contributed by atoms with E-state index in [1.165, 1.54) is 11.3 Å². The number of thiophene rings is 1. The van der Waals surface area contributed by atoms with Crippen molar-refractivity contribution in [3.63, 3.8) is 0 Å².